The summed E-state index contributed by atoms with van der Waals surface area (Å²) in [6.07, 6.45) is 3.16. The van der Waals surface area contributed by atoms with E-state index in [0.717, 1.165) is 44.8 Å². The summed E-state index contributed by atoms with van der Waals surface area (Å²) in [5.41, 5.74) is 6.30. The second-order valence-corrected chi connectivity index (χ2v) is 6.87. The number of benzene rings is 2. The summed E-state index contributed by atoms with van der Waals surface area (Å²) in [4.78, 5) is 17.9. The Balaban J connectivity index is 1.21. The van der Waals surface area contributed by atoms with Crippen molar-refractivity contribution in [1.29, 1.82) is 0 Å². The van der Waals surface area contributed by atoms with Gasteiger partial charge in [0.25, 0.3) is 0 Å². The number of hydrazine groups is 1. The summed E-state index contributed by atoms with van der Waals surface area (Å²) in [5.74, 6) is 0. The van der Waals surface area contributed by atoms with Crippen LogP contribution in [0.3, 0.4) is 0 Å². The van der Waals surface area contributed by atoms with E-state index in [1.165, 1.54) is 16.5 Å². The van der Waals surface area contributed by atoms with Crippen molar-refractivity contribution < 1.29 is 4.79 Å². The summed E-state index contributed by atoms with van der Waals surface area (Å²) in [5, 5.41) is 6.15. The molecule has 2 aromatic carbocycles. The van der Waals surface area contributed by atoms with E-state index >= 15 is 0 Å². The number of carbonyl (C=O) groups excluding carboxylic acids is 1. The standard InChI is InChI=1S/C21H25N5O/c27-21(23-18-6-2-1-3-7-18)24-26-14-12-25(13-15-26)11-10-17-16-22-20-9-5-4-8-19(17)20/h1-9,16,22H,10-15H2,(H2,23,24,27). The highest BCUT2D eigenvalue weighted by molar-refractivity contribution is 5.88. The lowest BCUT2D eigenvalue weighted by molar-refractivity contribution is 0.102. The maximum atomic E-state index is 12.1. The summed E-state index contributed by atoms with van der Waals surface area (Å²) in [6, 6.07) is 17.7. The van der Waals surface area contributed by atoms with Gasteiger partial charge in [-0.2, -0.15) is 0 Å². The monoisotopic (exact) mass is 363 g/mol. The largest absolute Gasteiger partial charge is 0.361 e. The molecular formula is C21H25N5O. The number of carbonyl (C=O) groups is 1. The summed E-state index contributed by atoms with van der Waals surface area (Å²) in [6.45, 7) is 4.60. The molecule has 6 nitrogen and oxygen atoms in total. The first-order chi connectivity index (χ1) is 13.3. The van der Waals surface area contributed by atoms with Gasteiger partial charge in [-0.1, -0.05) is 36.4 Å². The Morgan fingerprint density at radius 2 is 1.70 bits per heavy atom. The third-order valence-electron chi connectivity index (χ3n) is 5.04. The van der Waals surface area contributed by atoms with Crippen molar-refractivity contribution in [2.45, 2.75) is 6.42 Å². The molecule has 3 aromatic rings. The number of aromatic nitrogens is 1. The van der Waals surface area contributed by atoms with Gasteiger partial charge in [-0.3, -0.25) is 5.43 Å². The summed E-state index contributed by atoms with van der Waals surface area (Å²) < 4.78 is 0. The van der Waals surface area contributed by atoms with Crippen LogP contribution in [-0.2, 0) is 6.42 Å². The molecule has 0 spiro atoms. The minimum Gasteiger partial charge on any atom is -0.361 e. The van der Waals surface area contributed by atoms with Gasteiger partial charge in [0, 0.05) is 55.5 Å². The first-order valence-corrected chi connectivity index (χ1v) is 9.43. The maximum Gasteiger partial charge on any atom is 0.333 e. The zero-order chi connectivity index (χ0) is 18.5. The minimum atomic E-state index is -0.187. The van der Waals surface area contributed by atoms with Gasteiger partial charge in [0.1, 0.15) is 0 Å². The van der Waals surface area contributed by atoms with Crippen LogP contribution >= 0.6 is 0 Å². The Morgan fingerprint density at radius 1 is 0.963 bits per heavy atom. The Bertz CT molecular complexity index is 884. The van der Waals surface area contributed by atoms with Crippen molar-refractivity contribution in [2.24, 2.45) is 0 Å². The van der Waals surface area contributed by atoms with Crippen molar-refractivity contribution >= 4 is 22.6 Å². The van der Waals surface area contributed by atoms with Gasteiger partial charge < -0.3 is 15.2 Å². The minimum absolute atomic E-state index is 0.187. The first-order valence-electron chi connectivity index (χ1n) is 9.43. The van der Waals surface area contributed by atoms with E-state index in [1.54, 1.807) is 0 Å². The molecular weight excluding hydrogens is 338 g/mol. The number of hydrogen-bond donors (Lipinski definition) is 3. The topological polar surface area (TPSA) is 63.4 Å². The molecule has 27 heavy (non-hydrogen) atoms. The number of amides is 2. The Morgan fingerprint density at radius 3 is 2.52 bits per heavy atom. The van der Waals surface area contributed by atoms with E-state index in [0.29, 0.717) is 0 Å². The van der Waals surface area contributed by atoms with Crippen LogP contribution in [0.5, 0.6) is 0 Å². The fourth-order valence-corrected chi connectivity index (χ4v) is 3.52. The highest BCUT2D eigenvalue weighted by Gasteiger charge is 2.18. The molecule has 1 aliphatic heterocycles. The number of anilines is 1. The molecule has 4 rings (SSSR count). The van der Waals surface area contributed by atoms with Crippen LogP contribution < -0.4 is 10.7 Å². The zero-order valence-electron chi connectivity index (χ0n) is 15.3. The third kappa shape index (κ3) is 4.48. The lowest BCUT2D eigenvalue weighted by atomic mass is 10.1. The molecule has 0 unspecified atom stereocenters. The molecule has 0 bridgehead atoms. The maximum absolute atomic E-state index is 12.1. The van der Waals surface area contributed by atoms with Gasteiger partial charge in [-0.25, -0.2) is 9.80 Å². The van der Waals surface area contributed by atoms with Crippen LogP contribution in [0.15, 0.2) is 60.8 Å². The quantitative estimate of drug-likeness (QED) is 0.653. The molecule has 3 N–H and O–H groups in total. The highest BCUT2D eigenvalue weighted by Crippen LogP contribution is 2.18. The number of nitrogens with zero attached hydrogens (tertiary/aromatic N) is 2. The molecule has 1 aromatic heterocycles. The van der Waals surface area contributed by atoms with Crippen molar-refractivity contribution in [1.82, 2.24) is 20.3 Å². The van der Waals surface area contributed by atoms with E-state index in [1.807, 2.05) is 35.3 Å². The Kier molecular flexibility index (Phi) is 5.37. The second-order valence-electron chi connectivity index (χ2n) is 6.87. The highest BCUT2D eigenvalue weighted by atomic mass is 16.2. The first kappa shape index (κ1) is 17.6. The van der Waals surface area contributed by atoms with Gasteiger partial charge in [0.2, 0.25) is 0 Å². The zero-order valence-corrected chi connectivity index (χ0v) is 15.3. The molecule has 2 amide bonds. The molecule has 0 aliphatic carbocycles. The fourth-order valence-electron chi connectivity index (χ4n) is 3.52. The van der Waals surface area contributed by atoms with E-state index in [9.17, 15) is 4.79 Å². The molecule has 1 fully saturated rings. The predicted molar refractivity (Wildman–Crippen MR) is 109 cm³/mol. The van der Waals surface area contributed by atoms with E-state index in [2.05, 4.69) is 51.1 Å². The number of H-pyrrole nitrogens is 1. The van der Waals surface area contributed by atoms with Crippen molar-refractivity contribution in [3.63, 3.8) is 0 Å². The lowest BCUT2D eigenvalue weighted by Gasteiger charge is -2.34. The third-order valence-corrected chi connectivity index (χ3v) is 5.04. The molecule has 0 atom stereocenters. The van der Waals surface area contributed by atoms with Crippen LogP contribution in [-0.4, -0.2) is 53.6 Å². The number of rotatable bonds is 5. The van der Waals surface area contributed by atoms with Gasteiger partial charge in [0.15, 0.2) is 0 Å². The molecule has 6 heteroatoms. The fraction of sp³-hybridized carbons (Fsp3) is 0.286. The van der Waals surface area contributed by atoms with Crippen molar-refractivity contribution in [3.05, 3.63) is 66.4 Å². The molecule has 2 heterocycles. The van der Waals surface area contributed by atoms with Gasteiger partial charge in [-0.05, 0) is 30.2 Å². The van der Waals surface area contributed by atoms with Crippen LogP contribution in [0.25, 0.3) is 10.9 Å². The van der Waals surface area contributed by atoms with Gasteiger partial charge in [0.05, 0.1) is 0 Å². The van der Waals surface area contributed by atoms with E-state index in [4.69, 9.17) is 0 Å². The Hall–Kier alpha value is -2.83. The molecule has 140 valence electrons. The number of fused-ring (bicyclic) bond motifs is 1. The smallest absolute Gasteiger partial charge is 0.333 e. The molecule has 1 aliphatic rings. The summed E-state index contributed by atoms with van der Waals surface area (Å²) >= 11 is 0. The second kappa shape index (κ2) is 8.24. The molecule has 0 radical (unpaired) electrons. The molecule has 0 saturated carbocycles. The van der Waals surface area contributed by atoms with Crippen LogP contribution in [0.2, 0.25) is 0 Å². The Labute approximate surface area is 159 Å². The van der Waals surface area contributed by atoms with E-state index in [-0.39, 0.29) is 6.03 Å². The average molecular weight is 363 g/mol. The number of para-hydroxylation sites is 2. The number of nitrogens with one attached hydrogen (secondary N) is 3. The SMILES string of the molecule is O=C(Nc1ccccc1)NN1CCN(CCc2c[nH]c3ccccc23)CC1. The van der Waals surface area contributed by atoms with Gasteiger partial charge in [-0.15, -0.1) is 0 Å². The van der Waals surface area contributed by atoms with Gasteiger partial charge >= 0.3 is 6.03 Å². The number of piperazine rings is 1. The predicted octanol–water partition coefficient (Wildman–Crippen LogP) is 3.06. The molecule has 1 saturated heterocycles. The van der Waals surface area contributed by atoms with Crippen LogP contribution in [0.1, 0.15) is 5.56 Å². The summed E-state index contributed by atoms with van der Waals surface area (Å²) in [7, 11) is 0. The lowest BCUT2D eigenvalue weighted by Crippen LogP contribution is -2.54. The van der Waals surface area contributed by atoms with Crippen molar-refractivity contribution in [2.75, 3.05) is 38.0 Å². The van der Waals surface area contributed by atoms with E-state index < -0.39 is 0 Å². The number of urea groups is 1. The average Bonchev–Trinajstić information content (AvgIpc) is 3.11. The van der Waals surface area contributed by atoms with Crippen LogP contribution in [0, 0.1) is 0 Å². The van der Waals surface area contributed by atoms with Crippen LogP contribution in [0.4, 0.5) is 10.5 Å². The van der Waals surface area contributed by atoms with Crippen molar-refractivity contribution in [3.8, 4) is 0 Å². The number of hydrogen-bond acceptors (Lipinski definition) is 3. The number of aromatic amines is 1. The normalized spacial score (nSPS) is 15.7.